The number of halogens is 1. The number of methoxy groups -OCH3 is 1. The van der Waals surface area contributed by atoms with Crippen molar-refractivity contribution in [2.45, 2.75) is 10.6 Å². The van der Waals surface area contributed by atoms with Crippen LogP contribution in [-0.4, -0.2) is 15.9 Å². The quantitative estimate of drug-likeness (QED) is 0.665. The largest absolute Gasteiger partial charge is 0.497 e. The van der Waals surface area contributed by atoms with Gasteiger partial charge in [0.1, 0.15) is 5.75 Å². The molecule has 0 aliphatic heterocycles. The molecule has 0 amide bonds. The van der Waals surface area contributed by atoms with E-state index in [0.29, 0.717) is 16.4 Å². The highest BCUT2D eigenvalue weighted by atomic mass is 79.9. The molecular weight excluding hydrogens is 390 g/mol. The van der Waals surface area contributed by atoms with E-state index in [0.717, 1.165) is 20.9 Å². The van der Waals surface area contributed by atoms with Gasteiger partial charge in [0.2, 0.25) is 0 Å². The monoisotopic (exact) mass is 405 g/mol. The normalized spacial score (nSPS) is 12.3. The molecule has 6 heteroatoms. The predicted octanol–water partition coefficient (Wildman–Crippen LogP) is 3.62. The number of fused-ring (bicyclic) bond motifs is 1. The third-order valence-electron chi connectivity index (χ3n) is 3.90. The number of hydrogen-bond acceptors (Lipinski definition) is 3. The minimum Gasteiger partial charge on any atom is -0.497 e. The molecule has 2 aromatic carbocycles. The van der Waals surface area contributed by atoms with Gasteiger partial charge in [-0.05, 0) is 29.8 Å². The molecule has 1 unspecified atom stereocenters. The fourth-order valence-electron chi connectivity index (χ4n) is 2.58. The Balaban J connectivity index is 2.07. The van der Waals surface area contributed by atoms with Gasteiger partial charge in [-0.2, -0.15) is 0 Å². The summed E-state index contributed by atoms with van der Waals surface area (Å²) in [6.07, 6.45) is 0. The third kappa shape index (κ3) is 3.16. The Morgan fingerprint density at radius 3 is 2.67 bits per heavy atom. The molecule has 0 saturated carbocycles. The number of hydrogen-bond donors (Lipinski definition) is 0. The molecule has 1 heterocycles. The van der Waals surface area contributed by atoms with Crippen LogP contribution in [0.25, 0.3) is 10.9 Å². The maximum Gasteiger partial charge on any atom is 0.251 e. The lowest BCUT2D eigenvalue weighted by atomic mass is 10.2. The molecule has 0 aliphatic carbocycles. The number of nitrogens with zero attached hydrogens (tertiary/aromatic N) is 1. The number of rotatable bonds is 4. The molecule has 3 aromatic rings. The van der Waals surface area contributed by atoms with Crippen LogP contribution < -0.4 is 10.3 Å². The number of benzene rings is 2. The van der Waals surface area contributed by atoms with Crippen LogP contribution in [0.5, 0.6) is 5.75 Å². The van der Waals surface area contributed by atoms with Crippen molar-refractivity contribution in [2.75, 3.05) is 7.11 Å². The molecule has 3 rings (SSSR count). The maximum absolute atomic E-state index is 12.9. The molecule has 0 radical (unpaired) electrons. The standard InChI is InChI=1S/C18H16BrNO3S/c1-20-16-6-4-3-5-14(16)17(10-18(20)21)24(22)11-12-9-13(23-2)7-8-15(12)19/h3-10H,11H2,1-2H3. The Morgan fingerprint density at radius 2 is 1.92 bits per heavy atom. The molecular formula is C18H16BrNO3S. The van der Waals surface area contributed by atoms with Gasteiger partial charge < -0.3 is 9.30 Å². The zero-order chi connectivity index (χ0) is 17.3. The molecule has 0 spiro atoms. The first-order valence-corrected chi connectivity index (χ1v) is 9.42. The minimum atomic E-state index is -1.35. The van der Waals surface area contributed by atoms with Gasteiger partial charge in [0, 0.05) is 23.0 Å². The third-order valence-corrected chi connectivity index (χ3v) is 6.08. The highest BCUT2D eigenvalue weighted by Crippen LogP contribution is 2.27. The van der Waals surface area contributed by atoms with Crippen LogP contribution >= 0.6 is 15.9 Å². The summed E-state index contributed by atoms with van der Waals surface area (Å²) in [5, 5.41) is 0.831. The van der Waals surface area contributed by atoms with Crippen molar-refractivity contribution in [2.24, 2.45) is 7.05 Å². The summed E-state index contributed by atoms with van der Waals surface area (Å²) in [5.41, 5.74) is 1.48. The topological polar surface area (TPSA) is 48.3 Å². The van der Waals surface area contributed by atoms with Crippen LogP contribution in [0.4, 0.5) is 0 Å². The second kappa shape index (κ2) is 6.91. The number of aromatic nitrogens is 1. The molecule has 0 bridgehead atoms. The second-order valence-electron chi connectivity index (χ2n) is 5.37. The zero-order valence-corrected chi connectivity index (χ0v) is 15.7. The number of pyridine rings is 1. The van der Waals surface area contributed by atoms with Gasteiger partial charge in [0.25, 0.3) is 5.56 Å². The number of aryl methyl sites for hydroxylation is 1. The van der Waals surface area contributed by atoms with E-state index in [1.54, 1.807) is 18.7 Å². The van der Waals surface area contributed by atoms with Crippen LogP contribution in [0.1, 0.15) is 5.56 Å². The van der Waals surface area contributed by atoms with Gasteiger partial charge in [-0.1, -0.05) is 34.1 Å². The summed E-state index contributed by atoms with van der Waals surface area (Å²) >= 11 is 3.48. The minimum absolute atomic E-state index is 0.165. The molecule has 1 atom stereocenters. The van der Waals surface area contributed by atoms with Gasteiger partial charge in [-0.25, -0.2) is 0 Å². The van der Waals surface area contributed by atoms with Crippen molar-refractivity contribution in [3.05, 3.63) is 68.9 Å². The van der Waals surface area contributed by atoms with Gasteiger partial charge >= 0.3 is 0 Å². The summed E-state index contributed by atoms with van der Waals surface area (Å²) < 4.78 is 20.6. The summed E-state index contributed by atoms with van der Waals surface area (Å²) in [6.45, 7) is 0. The molecule has 24 heavy (non-hydrogen) atoms. The summed E-state index contributed by atoms with van der Waals surface area (Å²) in [4.78, 5) is 12.7. The van der Waals surface area contributed by atoms with E-state index < -0.39 is 10.8 Å². The van der Waals surface area contributed by atoms with Gasteiger partial charge in [0.15, 0.2) is 0 Å². The smallest absolute Gasteiger partial charge is 0.251 e. The Labute approximate surface area is 150 Å². The van der Waals surface area contributed by atoms with Gasteiger partial charge in [-0.3, -0.25) is 9.00 Å². The molecule has 0 saturated heterocycles. The van der Waals surface area contributed by atoms with E-state index in [1.807, 2.05) is 42.5 Å². The van der Waals surface area contributed by atoms with Crippen molar-refractivity contribution in [3.63, 3.8) is 0 Å². The first-order chi connectivity index (χ1) is 11.5. The van der Waals surface area contributed by atoms with Crippen LogP contribution in [-0.2, 0) is 23.6 Å². The first kappa shape index (κ1) is 16.9. The van der Waals surface area contributed by atoms with Crippen molar-refractivity contribution in [1.29, 1.82) is 0 Å². The van der Waals surface area contributed by atoms with Crippen molar-refractivity contribution < 1.29 is 8.95 Å². The molecule has 1 aromatic heterocycles. The Morgan fingerprint density at radius 1 is 1.17 bits per heavy atom. The molecule has 0 aliphatic rings. The highest BCUT2D eigenvalue weighted by molar-refractivity contribution is 9.10. The van der Waals surface area contributed by atoms with E-state index >= 15 is 0 Å². The molecule has 0 N–H and O–H groups in total. The van der Waals surface area contributed by atoms with E-state index in [4.69, 9.17) is 4.74 Å². The SMILES string of the molecule is COc1ccc(Br)c(CS(=O)c2cc(=O)n(C)c3ccccc23)c1. The lowest BCUT2D eigenvalue weighted by molar-refractivity contribution is 0.414. The fraction of sp³-hybridized carbons (Fsp3) is 0.167. The van der Waals surface area contributed by atoms with E-state index in [2.05, 4.69) is 15.9 Å². The average molecular weight is 406 g/mol. The van der Waals surface area contributed by atoms with Crippen LogP contribution in [0.2, 0.25) is 0 Å². The highest BCUT2D eigenvalue weighted by Gasteiger charge is 2.14. The predicted molar refractivity (Wildman–Crippen MR) is 100.0 cm³/mol. The van der Waals surface area contributed by atoms with E-state index in [-0.39, 0.29) is 5.56 Å². The first-order valence-electron chi connectivity index (χ1n) is 7.31. The summed E-state index contributed by atoms with van der Waals surface area (Å²) in [5.74, 6) is 1.01. The van der Waals surface area contributed by atoms with Crippen LogP contribution in [0.3, 0.4) is 0 Å². The zero-order valence-electron chi connectivity index (χ0n) is 13.3. The fourth-order valence-corrected chi connectivity index (χ4v) is 4.48. The van der Waals surface area contributed by atoms with Crippen LogP contribution in [0, 0.1) is 0 Å². The van der Waals surface area contributed by atoms with E-state index in [1.165, 1.54) is 6.07 Å². The molecule has 4 nitrogen and oxygen atoms in total. The molecule has 124 valence electrons. The summed E-state index contributed by atoms with van der Waals surface area (Å²) in [6, 6.07) is 14.5. The Kier molecular flexibility index (Phi) is 4.87. The summed E-state index contributed by atoms with van der Waals surface area (Å²) in [7, 11) is 1.97. The van der Waals surface area contributed by atoms with Crippen LogP contribution in [0.15, 0.2) is 62.7 Å². The van der Waals surface area contributed by atoms with E-state index in [9.17, 15) is 9.00 Å². The van der Waals surface area contributed by atoms with Crippen molar-refractivity contribution >= 4 is 37.6 Å². The maximum atomic E-state index is 12.9. The number of ether oxygens (including phenoxy) is 1. The van der Waals surface area contributed by atoms with Gasteiger partial charge in [-0.15, -0.1) is 0 Å². The molecule has 0 fully saturated rings. The lowest BCUT2D eigenvalue weighted by Gasteiger charge is -2.11. The number of para-hydroxylation sites is 1. The average Bonchev–Trinajstić information content (AvgIpc) is 2.60. The van der Waals surface area contributed by atoms with Crippen molar-refractivity contribution in [1.82, 2.24) is 4.57 Å². The Bertz CT molecular complexity index is 997. The lowest BCUT2D eigenvalue weighted by Crippen LogP contribution is -2.17. The second-order valence-corrected chi connectivity index (χ2v) is 7.64. The van der Waals surface area contributed by atoms with Gasteiger partial charge in [0.05, 0.1) is 34.1 Å². The van der Waals surface area contributed by atoms with Crippen molar-refractivity contribution in [3.8, 4) is 5.75 Å². The Hall–Kier alpha value is -1.92.